The van der Waals surface area contributed by atoms with Crippen LogP contribution in [0, 0.1) is 0 Å². The van der Waals surface area contributed by atoms with E-state index in [9.17, 15) is 0 Å². The number of aryl methyl sites for hydroxylation is 1. The van der Waals surface area contributed by atoms with Gasteiger partial charge in [0.1, 0.15) is 0 Å². The minimum atomic E-state index is 0.932. The first-order valence-corrected chi connectivity index (χ1v) is 5.89. The van der Waals surface area contributed by atoms with Gasteiger partial charge in [-0.1, -0.05) is 6.92 Å². The fourth-order valence-electron chi connectivity index (χ4n) is 1.56. The van der Waals surface area contributed by atoms with Gasteiger partial charge in [0.25, 0.3) is 0 Å². The van der Waals surface area contributed by atoms with Crippen LogP contribution in [-0.4, -0.2) is 49.0 Å². The summed E-state index contributed by atoms with van der Waals surface area (Å²) in [6.45, 7) is 5.27. The van der Waals surface area contributed by atoms with E-state index < -0.39 is 0 Å². The average molecular weight is 221 g/mol. The largest absolute Gasteiger partial charge is 0.308 e. The van der Waals surface area contributed by atoms with Gasteiger partial charge < -0.3 is 4.90 Å². The summed E-state index contributed by atoms with van der Waals surface area (Å²) in [5.74, 6) is 0. The molecule has 1 aromatic heterocycles. The predicted octanol–water partition coefficient (Wildman–Crippen LogP) is 1.64. The minimum Gasteiger partial charge on any atom is -0.308 e. The predicted molar refractivity (Wildman–Crippen MR) is 68.5 cm³/mol. The lowest BCUT2D eigenvalue weighted by Crippen LogP contribution is -2.28. The van der Waals surface area contributed by atoms with Crippen molar-refractivity contribution >= 4 is 0 Å². The molecular formula is C13H23N3. The fourth-order valence-corrected chi connectivity index (χ4v) is 1.56. The topological polar surface area (TPSA) is 19.4 Å². The maximum atomic E-state index is 4.40. The van der Waals surface area contributed by atoms with Crippen molar-refractivity contribution in [1.29, 1.82) is 0 Å². The Balaban J connectivity index is 2.45. The number of aromatic nitrogens is 1. The molecule has 0 spiro atoms. The summed E-state index contributed by atoms with van der Waals surface area (Å²) in [6, 6.07) is 4.29. The normalized spacial score (nSPS) is 11.4. The number of pyridine rings is 1. The van der Waals surface area contributed by atoms with Gasteiger partial charge in [-0.15, -0.1) is 0 Å². The highest BCUT2D eigenvalue weighted by Gasteiger charge is 2.02. The average Bonchev–Trinajstić information content (AvgIpc) is 2.26. The molecule has 0 saturated carbocycles. The SMILES string of the molecule is CCc1ccnc(CN(C)CCN(C)C)c1. The summed E-state index contributed by atoms with van der Waals surface area (Å²) in [5, 5.41) is 0. The Morgan fingerprint density at radius 1 is 1.19 bits per heavy atom. The molecule has 0 bridgehead atoms. The fraction of sp³-hybridized carbons (Fsp3) is 0.615. The summed E-state index contributed by atoms with van der Waals surface area (Å²) >= 11 is 0. The van der Waals surface area contributed by atoms with Gasteiger partial charge in [0, 0.05) is 25.8 Å². The van der Waals surface area contributed by atoms with Crippen LogP contribution in [0.2, 0.25) is 0 Å². The quantitative estimate of drug-likeness (QED) is 0.728. The van der Waals surface area contributed by atoms with Gasteiger partial charge in [0.15, 0.2) is 0 Å². The second-order valence-corrected chi connectivity index (χ2v) is 4.55. The Kier molecular flexibility index (Phi) is 5.43. The van der Waals surface area contributed by atoms with Gasteiger partial charge in [-0.2, -0.15) is 0 Å². The molecule has 0 aliphatic carbocycles. The lowest BCUT2D eigenvalue weighted by molar-refractivity contribution is 0.274. The van der Waals surface area contributed by atoms with Crippen molar-refractivity contribution in [2.45, 2.75) is 19.9 Å². The van der Waals surface area contributed by atoms with Crippen LogP contribution in [0.25, 0.3) is 0 Å². The summed E-state index contributed by atoms with van der Waals surface area (Å²) in [7, 11) is 6.34. The molecule has 1 rings (SSSR count). The molecule has 1 aromatic rings. The minimum absolute atomic E-state index is 0.932. The second-order valence-electron chi connectivity index (χ2n) is 4.55. The molecule has 0 N–H and O–H groups in total. The van der Waals surface area contributed by atoms with E-state index in [0.29, 0.717) is 0 Å². The molecule has 1 heterocycles. The maximum absolute atomic E-state index is 4.40. The third-order valence-corrected chi connectivity index (χ3v) is 2.65. The molecule has 0 aliphatic heterocycles. The number of likely N-dealkylation sites (N-methyl/N-ethyl adjacent to an activating group) is 2. The number of nitrogens with zero attached hydrogens (tertiary/aromatic N) is 3. The monoisotopic (exact) mass is 221 g/mol. The van der Waals surface area contributed by atoms with Crippen molar-refractivity contribution in [3.05, 3.63) is 29.6 Å². The first-order chi connectivity index (χ1) is 7.61. The Bertz CT molecular complexity index is 310. The van der Waals surface area contributed by atoms with E-state index in [0.717, 1.165) is 26.1 Å². The maximum Gasteiger partial charge on any atom is 0.0546 e. The van der Waals surface area contributed by atoms with Gasteiger partial charge in [-0.25, -0.2) is 0 Å². The first-order valence-electron chi connectivity index (χ1n) is 5.89. The van der Waals surface area contributed by atoms with Crippen LogP contribution in [0.15, 0.2) is 18.3 Å². The summed E-state index contributed by atoms with van der Waals surface area (Å²) in [5.41, 5.74) is 2.53. The number of hydrogen-bond acceptors (Lipinski definition) is 3. The Morgan fingerprint density at radius 2 is 1.94 bits per heavy atom. The molecule has 0 fully saturated rings. The molecule has 0 aliphatic rings. The molecule has 16 heavy (non-hydrogen) atoms. The Morgan fingerprint density at radius 3 is 2.56 bits per heavy atom. The molecule has 90 valence electrons. The third kappa shape index (κ3) is 4.73. The molecule has 3 heteroatoms. The van der Waals surface area contributed by atoms with Crippen LogP contribution in [0.5, 0.6) is 0 Å². The van der Waals surface area contributed by atoms with Gasteiger partial charge >= 0.3 is 0 Å². The van der Waals surface area contributed by atoms with Crippen molar-refractivity contribution in [3.63, 3.8) is 0 Å². The van der Waals surface area contributed by atoms with Crippen LogP contribution in [0.4, 0.5) is 0 Å². The highest BCUT2D eigenvalue weighted by molar-refractivity contribution is 5.16. The molecule has 0 unspecified atom stereocenters. The standard InChI is InChI=1S/C13H23N3/c1-5-12-6-7-14-13(10-12)11-16(4)9-8-15(2)3/h6-7,10H,5,8-9,11H2,1-4H3. The molecule has 0 radical (unpaired) electrons. The smallest absolute Gasteiger partial charge is 0.0546 e. The highest BCUT2D eigenvalue weighted by atomic mass is 15.1. The van der Waals surface area contributed by atoms with Gasteiger partial charge in [-0.05, 0) is 45.3 Å². The van der Waals surface area contributed by atoms with Crippen LogP contribution in [-0.2, 0) is 13.0 Å². The van der Waals surface area contributed by atoms with Crippen molar-refractivity contribution < 1.29 is 0 Å². The summed E-state index contributed by atoms with van der Waals surface area (Å²) in [6.07, 6.45) is 2.99. The van der Waals surface area contributed by atoms with Crippen molar-refractivity contribution in [2.24, 2.45) is 0 Å². The molecule has 0 amide bonds. The molecular weight excluding hydrogens is 198 g/mol. The zero-order valence-corrected chi connectivity index (χ0v) is 10.9. The summed E-state index contributed by atoms with van der Waals surface area (Å²) < 4.78 is 0. The Labute approximate surface area is 99.1 Å². The van der Waals surface area contributed by atoms with Crippen LogP contribution in [0.3, 0.4) is 0 Å². The first kappa shape index (κ1) is 13.1. The van der Waals surface area contributed by atoms with E-state index in [2.05, 4.69) is 55.0 Å². The van der Waals surface area contributed by atoms with E-state index in [4.69, 9.17) is 0 Å². The Hall–Kier alpha value is -0.930. The second kappa shape index (κ2) is 6.61. The zero-order chi connectivity index (χ0) is 12.0. The van der Waals surface area contributed by atoms with E-state index >= 15 is 0 Å². The lowest BCUT2D eigenvalue weighted by Gasteiger charge is -2.19. The van der Waals surface area contributed by atoms with Crippen LogP contribution < -0.4 is 0 Å². The van der Waals surface area contributed by atoms with Gasteiger partial charge in [-0.3, -0.25) is 9.88 Å². The van der Waals surface area contributed by atoms with E-state index in [-0.39, 0.29) is 0 Å². The highest BCUT2D eigenvalue weighted by Crippen LogP contribution is 2.04. The van der Waals surface area contributed by atoms with Crippen molar-refractivity contribution in [3.8, 4) is 0 Å². The molecule has 3 nitrogen and oxygen atoms in total. The lowest BCUT2D eigenvalue weighted by atomic mass is 10.2. The molecule has 0 atom stereocenters. The number of rotatable bonds is 6. The van der Waals surface area contributed by atoms with Crippen molar-refractivity contribution in [1.82, 2.24) is 14.8 Å². The van der Waals surface area contributed by atoms with Gasteiger partial charge in [0.05, 0.1) is 5.69 Å². The third-order valence-electron chi connectivity index (χ3n) is 2.65. The van der Waals surface area contributed by atoms with Gasteiger partial charge in [0.2, 0.25) is 0 Å². The van der Waals surface area contributed by atoms with E-state index in [1.165, 1.54) is 11.3 Å². The summed E-state index contributed by atoms with van der Waals surface area (Å²) in [4.78, 5) is 8.91. The van der Waals surface area contributed by atoms with E-state index in [1.54, 1.807) is 0 Å². The van der Waals surface area contributed by atoms with E-state index in [1.807, 2.05) is 6.20 Å². The van der Waals surface area contributed by atoms with Crippen molar-refractivity contribution in [2.75, 3.05) is 34.2 Å². The molecule has 0 saturated heterocycles. The molecule has 0 aromatic carbocycles. The van der Waals surface area contributed by atoms with Crippen LogP contribution in [0.1, 0.15) is 18.2 Å². The number of hydrogen-bond donors (Lipinski definition) is 0. The zero-order valence-electron chi connectivity index (χ0n) is 10.9. The van der Waals surface area contributed by atoms with Crippen LogP contribution >= 0.6 is 0 Å².